The second-order valence-corrected chi connectivity index (χ2v) is 2.18. The van der Waals surface area contributed by atoms with E-state index in [-0.39, 0.29) is 11.4 Å². The van der Waals surface area contributed by atoms with Gasteiger partial charge in [-0.3, -0.25) is 0 Å². The fourth-order valence-corrected chi connectivity index (χ4v) is 0.874. The highest BCUT2D eigenvalue weighted by Gasteiger charge is 2.18. The van der Waals surface area contributed by atoms with Gasteiger partial charge in [-0.15, -0.1) is 5.10 Å². The molecule has 0 aliphatic rings. The summed E-state index contributed by atoms with van der Waals surface area (Å²) in [5.41, 5.74) is 0.335. The first-order chi connectivity index (χ1) is 6.29. The lowest BCUT2D eigenvalue weighted by molar-refractivity contribution is 0.0691. The van der Waals surface area contributed by atoms with Crippen molar-refractivity contribution in [1.29, 1.82) is 0 Å². The van der Waals surface area contributed by atoms with Crippen molar-refractivity contribution in [3.63, 3.8) is 0 Å². The van der Waals surface area contributed by atoms with E-state index in [1.807, 2.05) is 0 Å². The molecule has 66 valence electrons. The fraction of sp³-hybridized carbons (Fsp3) is 0. The molecule has 2 aromatic heterocycles. The number of nitrogens with one attached hydrogen (secondary N) is 2. The summed E-state index contributed by atoms with van der Waals surface area (Å²) < 4.78 is 0. The van der Waals surface area contributed by atoms with Crippen molar-refractivity contribution >= 4 is 5.97 Å². The van der Waals surface area contributed by atoms with E-state index in [0.717, 1.165) is 0 Å². The topological polar surface area (TPSA) is 120 Å². The molecule has 2 aromatic rings. The molecule has 0 unspecified atom stereocenters. The Morgan fingerprint density at radius 2 is 2.15 bits per heavy atom. The number of hydrogen-bond acceptors (Lipinski definition) is 5. The molecule has 2 rings (SSSR count). The third kappa shape index (κ3) is 1.13. The van der Waals surface area contributed by atoms with Crippen molar-refractivity contribution < 1.29 is 9.90 Å². The van der Waals surface area contributed by atoms with Crippen LogP contribution in [-0.4, -0.2) is 41.9 Å². The summed E-state index contributed by atoms with van der Waals surface area (Å²) in [6.45, 7) is 0. The normalized spacial score (nSPS) is 10.2. The van der Waals surface area contributed by atoms with Gasteiger partial charge >= 0.3 is 5.97 Å². The first-order valence-corrected chi connectivity index (χ1v) is 3.29. The molecule has 0 amide bonds. The largest absolute Gasteiger partial charge is 0.476 e. The number of carboxylic acid groups (broad SMARTS) is 1. The molecule has 3 N–H and O–H groups in total. The quantitative estimate of drug-likeness (QED) is 0.561. The minimum absolute atomic E-state index is 0.168. The number of carboxylic acids is 1. The maximum Gasteiger partial charge on any atom is 0.358 e. The van der Waals surface area contributed by atoms with Gasteiger partial charge in [0.1, 0.15) is 11.4 Å². The summed E-state index contributed by atoms with van der Waals surface area (Å²) in [4.78, 5) is 10.6. The molecule has 0 radical (unpaired) electrons. The lowest BCUT2D eigenvalue weighted by atomic mass is 10.2. The molecule has 0 spiro atoms. The zero-order chi connectivity index (χ0) is 9.26. The van der Waals surface area contributed by atoms with Crippen LogP contribution in [0.5, 0.6) is 0 Å². The van der Waals surface area contributed by atoms with E-state index in [1.165, 1.54) is 6.20 Å². The summed E-state index contributed by atoms with van der Waals surface area (Å²) in [6, 6.07) is 0. The van der Waals surface area contributed by atoms with Crippen LogP contribution in [0, 0.1) is 0 Å². The van der Waals surface area contributed by atoms with Crippen LogP contribution < -0.4 is 0 Å². The van der Waals surface area contributed by atoms with E-state index >= 15 is 0 Å². The number of rotatable bonds is 2. The third-order valence-corrected chi connectivity index (χ3v) is 1.41. The molecule has 0 aliphatic carbocycles. The Morgan fingerprint density at radius 1 is 1.31 bits per heavy atom. The standard InChI is InChI=1S/C5H4N6O2/c12-5(13)4-3(8-11-9-4)2-1-6-10-7-2/h1H,(H,12,13)(H,6,7,10)(H,8,9,11). The summed E-state index contributed by atoms with van der Waals surface area (Å²) in [6.07, 6.45) is 1.37. The van der Waals surface area contributed by atoms with Gasteiger partial charge in [-0.25, -0.2) is 4.79 Å². The molecule has 0 bridgehead atoms. The van der Waals surface area contributed by atoms with E-state index in [4.69, 9.17) is 5.11 Å². The van der Waals surface area contributed by atoms with Crippen LogP contribution in [0.2, 0.25) is 0 Å². The van der Waals surface area contributed by atoms with Gasteiger partial charge in [0.2, 0.25) is 0 Å². The fourth-order valence-electron chi connectivity index (χ4n) is 0.874. The second kappa shape index (κ2) is 2.66. The lowest BCUT2D eigenvalue weighted by Crippen LogP contribution is -1.99. The van der Waals surface area contributed by atoms with Crippen LogP contribution in [0.1, 0.15) is 10.5 Å². The van der Waals surface area contributed by atoms with Gasteiger partial charge in [0.15, 0.2) is 5.69 Å². The van der Waals surface area contributed by atoms with E-state index in [9.17, 15) is 4.79 Å². The van der Waals surface area contributed by atoms with Crippen LogP contribution >= 0.6 is 0 Å². The monoisotopic (exact) mass is 180 g/mol. The summed E-state index contributed by atoms with van der Waals surface area (Å²) >= 11 is 0. The minimum Gasteiger partial charge on any atom is -0.476 e. The lowest BCUT2D eigenvalue weighted by Gasteiger charge is -1.87. The SMILES string of the molecule is O=C(O)c1n[nH]nc1-c1cn[nH]n1. The molecule has 0 fully saturated rings. The Balaban J connectivity index is 2.52. The van der Waals surface area contributed by atoms with Crippen LogP contribution in [0.25, 0.3) is 11.4 Å². The van der Waals surface area contributed by atoms with Crippen molar-refractivity contribution in [2.75, 3.05) is 0 Å². The number of hydrogen-bond donors (Lipinski definition) is 3. The van der Waals surface area contributed by atoms with Gasteiger partial charge in [-0.1, -0.05) is 0 Å². The molecule has 2 heterocycles. The van der Waals surface area contributed by atoms with E-state index in [0.29, 0.717) is 5.69 Å². The average Bonchev–Trinajstić information content (AvgIpc) is 2.74. The van der Waals surface area contributed by atoms with Gasteiger partial charge in [0.05, 0.1) is 6.20 Å². The van der Waals surface area contributed by atoms with Gasteiger partial charge in [-0.05, 0) is 0 Å². The van der Waals surface area contributed by atoms with Crippen LogP contribution in [0.15, 0.2) is 6.20 Å². The number of carbonyl (C=O) groups is 1. The predicted molar refractivity (Wildman–Crippen MR) is 38.7 cm³/mol. The summed E-state index contributed by atoms with van der Waals surface area (Å²) in [5.74, 6) is -1.16. The first-order valence-electron chi connectivity index (χ1n) is 3.29. The number of aromatic nitrogens is 6. The average molecular weight is 180 g/mol. The minimum atomic E-state index is -1.16. The summed E-state index contributed by atoms with van der Waals surface area (Å²) in [5, 5.41) is 27.5. The van der Waals surface area contributed by atoms with Crippen molar-refractivity contribution in [2.45, 2.75) is 0 Å². The van der Waals surface area contributed by atoms with Crippen LogP contribution in [0.3, 0.4) is 0 Å². The van der Waals surface area contributed by atoms with E-state index in [1.54, 1.807) is 0 Å². The highest BCUT2D eigenvalue weighted by molar-refractivity contribution is 5.91. The zero-order valence-corrected chi connectivity index (χ0v) is 6.22. The number of aromatic carboxylic acids is 1. The predicted octanol–water partition coefficient (Wildman–Crippen LogP) is -0.712. The Bertz CT molecular complexity index is 418. The van der Waals surface area contributed by atoms with E-state index < -0.39 is 5.97 Å². The van der Waals surface area contributed by atoms with Gasteiger partial charge in [-0.2, -0.15) is 25.7 Å². The highest BCUT2D eigenvalue weighted by atomic mass is 16.4. The van der Waals surface area contributed by atoms with E-state index in [2.05, 4.69) is 30.8 Å². The molecular weight excluding hydrogens is 176 g/mol. The molecule has 13 heavy (non-hydrogen) atoms. The van der Waals surface area contributed by atoms with Crippen molar-refractivity contribution in [3.8, 4) is 11.4 Å². The molecule has 0 aromatic carbocycles. The van der Waals surface area contributed by atoms with Gasteiger partial charge < -0.3 is 5.11 Å². The molecular formula is C5H4N6O2. The molecule has 0 aliphatic heterocycles. The highest BCUT2D eigenvalue weighted by Crippen LogP contribution is 2.14. The van der Waals surface area contributed by atoms with Crippen molar-refractivity contribution in [3.05, 3.63) is 11.9 Å². The Morgan fingerprint density at radius 3 is 2.77 bits per heavy atom. The van der Waals surface area contributed by atoms with Crippen molar-refractivity contribution in [1.82, 2.24) is 30.8 Å². The number of aromatic amines is 2. The Labute approximate surface area is 71.0 Å². The van der Waals surface area contributed by atoms with Gasteiger partial charge in [0, 0.05) is 0 Å². The molecule has 8 nitrogen and oxygen atoms in total. The maximum atomic E-state index is 10.6. The molecule has 0 saturated heterocycles. The smallest absolute Gasteiger partial charge is 0.358 e. The molecule has 8 heteroatoms. The molecule has 0 saturated carbocycles. The first kappa shape index (κ1) is 7.40. The number of H-pyrrole nitrogens is 2. The Kier molecular flexibility index (Phi) is 1.51. The zero-order valence-electron chi connectivity index (χ0n) is 6.22. The second-order valence-electron chi connectivity index (χ2n) is 2.18. The van der Waals surface area contributed by atoms with Gasteiger partial charge in [0.25, 0.3) is 0 Å². The molecule has 0 atom stereocenters. The Hall–Kier alpha value is -2.25. The summed E-state index contributed by atoms with van der Waals surface area (Å²) in [7, 11) is 0. The number of nitrogens with zero attached hydrogens (tertiary/aromatic N) is 4. The van der Waals surface area contributed by atoms with Crippen molar-refractivity contribution in [2.24, 2.45) is 0 Å². The van der Waals surface area contributed by atoms with Crippen LogP contribution in [0.4, 0.5) is 0 Å². The third-order valence-electron chi connectivity index (χ3n) is 1.41. The maximum absolute atomic E-state index is 10.6. The van der Waals surface area contributed by atoms with Crippen LogP contribution in [-0.2, 0) is 0 Å².